The Kier molecular flexibility index (Phi) is 15.5. The first-order valence-corrected chi connectivity index (χ1v) is 16.5. The number of carbonyl (C=O) groups excluding carboxylic acids is 2. The fraction of sp³-hybridized carbons (Fsp3) is 0.500. The van der Waals surface area contributed by atoms with E-state index in [9.17, 15) is 14.4 Å². The van der Waals surface area contributed by atoms with Crippen LogP contribution in [-0.2, 0) is 9.53 Å². The lowest BCUT2D eigenvalue weighted by molar-refractivity contribution is -0.139. The molecule has 1 amide bonds. The first-order valence-electron chi connectivity index (χ1n) is 11.9. The van der Waals surface area contributed by atoms with Gasteiger partial charge < -0.3 is 15.2 Å². The number of benzene rings is 1. The Morgan fingerprint density at radius 3 is 2.19 bits per heavy atom. The van der Waals surface area contributed by atoms with Crippen LogP contribution < -0.4 is 5.32 Å². The number of halogens is 2. The molecule has 1 unspecified atom stereocenters. The molecule has 2 N–H and O–H groups in total. The van der Waals surface area contributed by atoms with Gasteiger partial charge in [0.15, 0.2) is 11.8 Å². The average Bonchev–Trinajstić information content (AvgIpc) is 3.30. The third-order valence-electron chi connectivity index (χ3n) is 5.17. The molecule has 3 rings (SSSR count). The number of amides is 1. The second-order valence-electron chi connectivity index (χ2n) is 9.07. The number of alkyl halides is 1. The second kappa shape index (κ2) is 17.2. The van der Waals surface area contributed by atoms with Gasteiger partial charge in [0.25, 0.3) is 0 Å². The maximum atomic E-state index is 12.0. The van der Waals surface area contributed by atoms with E-state index < -0.39 is 23.7 Å². The maximum Gasteiger partial charge on any atom is 0.408 e. The minimum absolute atomic E-state index is 0.213. The second-order valence-corrected chi connectivity index (χ2v) is 13.6. The highest BCUT2D eigenvalue weighted by Crippen LogP contribution is 2.37. The van der Waals surface area contributed by atoms with Gasteiger partial charge in [0.1, 0.15) is 5.60 Å². The molecule has 1 aliphatic rings. The summed E-state index contributed by atoms with van der Waals surface area (Å²) in [6.07, 6.45) is 3.17. The number of carboxylic acid groups (broad SMARTS) is 1. The molecule has 1 aliphatic heterocycles. The summed E-state index contributed by atoms with van der Waals surface area (Å²) in [5, 5.41) is 11.4. The van der Waals surface area contributed by atoms with E-state index in [0.29, 0.717) is 16.4 Å². The highest BCUT2D eigenvalue weighted by molar-refractivity contribution is 9.08. The summed E-state index contributed by atoms with van der Waals surface area (Å²) in [4.78, 5) is 37.7. The van der Waals surface area contributed by atoms with Gasteiger partial charge in [-0.25, -0.2) is 9.59 Å². The van der Waals surface area contributed by atoms with Crippen LogP contribution in [0.5, 0.6) is 0 Å². The smallest absolute Gasteiger partial charge is 0.408 e. The number of carbonyl (C=O) groups is 3. The first kappa shape index (κ1) is 33.5. The number of hydrogen-bond donors (Lipinski definition) is 2. The van der Waals surface area contributed by atoms with Crippen LogP contribution in [0.3, 0.4) is 0 Å². The molecule has 1 saturated heterocycles. The van der Waals surface area contributed by atoms with E-state index in [1.807, 2.05) is 11.9 Å². The van der Waals surface area contributed by atoms with Crippen molar-refractivity contribution in [1.82, 2.24) is 10.2 Å². The molecule has 11 heteroatoms. The molecule has 2 aromatic rings. The molecular weight excluding hydrogens is 599 g/mol. The number of ether oxygens (including phenoxy) is 1. The number of nitrogens with zero attached hydrogens (tertiary/aromatic N) is 1. The zero-order chi connectivity index (χ0) is 28.0. The number of ketones is 1. The Bertz CT molecular complexity index is 979. The quantitative estimate of drug-likeness (QED) is 0.199. The van der Waals surface area contributed by atoms with Crippen LogP contribution in [0.4, 0.5) is 4.79 Å². The fourth-order valence-electron chi connectivity index (χ4n) is 3.37. The van der Waals surface area contributed by atoms with Gasteiger partial charge in [-0.05, 0) is 62.8 Å². The summed E-state index contributed by atoms with van der Waals surface area (Å²) >= 11 is 10.2. The summed E-state index contributed by atoms with van der Waals surface area (Å²) < 4.78 is 5.72. The zero-order valence-corrected chi connectivity index (χ0v) is 26.1. The SMILES string of the molecule is CBr.CC(C)(C)OC(=O)NC(C(=O)O)c1ccccc1.CCP1CCN(CC(=O)c2ccc(Cl)s2)CC1. The van der Waals surface area contributed by atoms with Gasteiger partial charge in [-0.1, -0.05) is 64.8 Å². The lowest BCUT2D eigenvalue weighted by Gasteiger charge is -2.31. The van der Waals surface area contributed by atoms with Crippen molar-refractivity contribution >= 4 is 64.6 Å². The zero-order valence-electron chi connectivity index (χ0n) is 22.0. The van der Waals surface area contributed by atoms with Gasteiger partial charge >= 0.3 is 12.1 Å². The van der Waals surface area contributed by atoms with Crippen molar-refractivity contribution in [3.05, 3.63) is 57.2 Å². The number of alkyl carbamates (subject to hydrolysis) is 1. The molecule has 0 bridgehead atoms. The molecule has 2 heterocycles. The maximum absolute atomic E-state index is 12.0. The Morgan fingerprint density at radius 1 is 1.14 bits per heavy atom. The highest BCUT2D eigenvalue weighted by atomic mass is 79.9. The first-order chi connectivity index (χ1) is 17.5. The van der Waals surface area contributed by atoms with Crippen LogP contribution in [-0.4, -0.2) is 77.4 Å². The van der Waals surface area contributed by atoms with Gasteiger partial charge in [0.05, 0.1) is 15.8 Å². The van der Waals surface area contributed by atoms with Gasteiger partial charge in [-0.15, -0.1) is 19.3 Å². The highest BCUT2D eigenvalue weighted by Gasteiger charge is 2.25. The summed E-state index contributed by atoms with van der Waals surface area (Å²) in [5.41, 5.74) is -0.167. The van der Waals surface area contributed by atoms with Crippen molar-refractivity contribution in [1.29, 1.82) is 0 Å². The molecule has 1 atom stereocenters. The standard InChI is InChI=1S/C13H17NO4.C12H17ClNOPS.CH3Br/c1-13(2,3)18-12(17)14-10(11(15)16)9-7-5-4-6-8-9;1-2-16-7-5-14(6-8-16)9-10(15)11-3-4-12(13)17-11;1-2/h4-8,10H,1-3H3,(H,14,17)(H,15,16);3-4H,2,5-9H2,1H3;1H3. The summed E-state index contributed by atoms with van der Waals surface area (Å²) in [6, 6.07) is 11.0. The van der Waals surface area contributed by atoms with E-state index in [1.54, 1.807) is 57.2 Å². The molecule has 0 saturated carbocycles. The number of rotatable bonds is 7. The van der Waals surface area contributed by atoms with E-state index in [4.69, 9.17) is 21.4 Å². The Balaban J connectivity index is 0.000000347. The van der Waals surface area contributed by atoms with Crippen LogP contribution >= 0.6 is 46.8 Å². The fourth-order valence-corrected chi connectivity index (χ4v) is 6.33. The third-order valence-corrected chi connectivity index (χ3v) is 9.00. The predicted molar refractivity (Wildman–Crippen MR) is 158 cm³/mol. The lowest BCUT2D eigenvalue weighted by Crippen LogP contribution is -2.38. The molecule has 1 fully saturated rings. The average molecular weight is 636 g/mol. The summed E-state index contributed by atoms with van der Waals surface area (Å²) in [6.45, 7) is 10.2. The minimum Gasteiger partial charge on any atom is -0.479 e. The molecule has 0 aliphatic carbocycles. The van der Waals surface area contributed by atoms with Crippen LogP contribution in [0.2, 0.25) is 4.34 Å². The van der Waals surface area contributed by atoms with Crippen LogP contribution in [0, 0.1) is 0 Å². The summed E-state index contributed by atoms with van der Waals surface area (Å²) in [5.74, 6) is 0.893. The van der Waals surface area contributed by atoms with Gasteiger partial charge in [-0.2, -0.15) is 0 Å². The molecule has 7 nitrogen and oxygen atoms in total. The Morgan fingerprint density at radius 2 is 1.73 bits per heavy atom. The van der Waals surface area contributed by atoms with Gasteiger partial charge in [0.2, 0.25) is 0 Å². The van der Waals surface area contributed by atoms with Crippen molar-refractivity contribution in [2.75, 3.05) is 44.0 Å². The van der Waals surface area contributed by atoms with E-state index in [1.165, 1.54) is 29.8 Å². The number of aliphatic carboxylic acids is 1. The molecule has 37 heavy (non-hydrogen) atoms. The minimum atomic E-state index is -1.13. The normalized spacial score (nSPS) is 14.8. The van der Waals surface area contributed by atoms with Crippen LogP contribution in [0.25, 0.3) is 0 Å². The molecule has 0 spiro atoms. The number of nitrogens with one attached hydrogen (secondary N) is 1. The van der Waals surface area contributed by atoms with E-state index >= 15 is 0 Å². The third kappa shape index (κ3) is 13.2. The molecule has 1 aromatic carbocycles. The number of hydrogen-bond acceptors (Lipinski definition) is 6. The predicted octanol–water partition coefficient (Wildman–Crippen LogP) is 6.75. The molecule has 1 aromatic heterocycles. The Hall–Kier alpha value is -1.51. The van der Waals surface area contributed by atoms with Crippen LogP contribution in [0.15, 0.2) is 42.5 Å². The van der Waals surface area contributed by atoms with Crippen LogP contribution in [0.1, 0.15) is 49.0 Å². The summed E-state index contributed by atoms with van der Waals surface area (Å²) in [7, 11) is 0.257. The van der Waals surface area contributed by atoms with Crippen molar-refractivity contribution in [3.63, 3.8) is 0 Å². The van der Waals surface area contributed by atoms with E-state index in [0.717, 1.165) is 18.0 Å². The molecule has 0 radical (unpaired) electrons. The van der Waals surface area contributed by atoms with Gasteiger partial charge in [0, 0.05) is 13.1 Å². The largest absolute Gasteiger partial charge is 0.479 e. The topological polar surface area (TPSA) is 95.9 Å². The molecule has 206 valence electrons. The number of thiophene rings is 1. The Labute approximate surface area is 238 Å². The monoisotopic (exact) mass is 634 g/mol. The van der Waals surface area contributed by atoms with Crippen molar-refractivity contribution < 1.29 is 24.2 Å². The van der Waals surface area contributed by atoms with Gasteiger partial charge in [-0.3, -0.25) is 9.69 Å². The van der Waals surface area contributed by atoms with Crippen molar-refractivity contribution in [3.8, 4) is 0 Å². The lowest BCUT2D eigenvalue weighted by atomic mass is 10.1. The van der Waals surface area contributed by atoms with Crippen molar-refractivity contribution in [2.45, 2.75) is 39.3 Å². The number of carboxylic acids is 1. The van der Waals surface area contributed by atoms with Crippen molar-refractivity contribution in [2.24, 2.45) is 0 Å². The number of Topliss-reactive ketones (excluding diaryl/α,β-unsaturated/α-hetero) is 1. The molecular formula is C26H37BrClN2O5PS. The van der Waals surface area contributed by atoms with E-state index in [2.05, 4.69) is 33.1 Å². The van der Waals surface area contributed by atoms with E-state index in [-0.39, 0.29) is 13.7 Å².